The van der Waals surface area contributed by atoms with Gasteiger partial charge in [0.1, 0.15) is 5.04 Å². The Bertz CT molecular complexity index is 222. The molecule has 0 aromatic carbocycles. The molecule has 0 aliphatic carbocycles. The maximum absolute atomic E-state index is 11.3. The minimum Gasteiger partial charge on any atom is -0.296 e. The minimum atomic E-state index is -0.426. The lowest BCUT2D eigenvalue weighted by Gasteiger charge is -2.12. The van der Waals surface area contributed by atoms with Gasteiger partial charge in [-0.25, -0.2) is 4.79 Å². The highest BCUT2D eigenvalue weighted by atomic mass is 32.2. The Balaban J connectivity index is 3.79. The highest BCUT2D eigenvalue weighted by molar-refractivity contribution is 8.13. The fourth-order valence-corrected chi connectivity index (χ4v) is 1.54. The summed E-state index contributed by atoms with van der Waals surface area (Å²) >= 11 is 2.90. The topological polar surface area (TPSA) is 41.9 Å². The van der Waals surface area contributed by atoms with Gasteiger partial charge in [0.25, 0.3) is 0 Å². The molecule has 0 fully saturated rings. The molecular weight excluding hydrogens is 232 g/mol. The van der Waals surface area contributed by atoms with Gasteiger partial charge in [0.2, 0.25) is 0 Å². The van der Waals surface area contributed by atoms with Crippen LogP contribution in [0.4, 0.5) is 4.79 Å². The number of unbranched alkanes of at least 4 members (excludes halogenated alkanes) is 1. The van der Waals surface area contributed by atoms with Gasteiger partial charge in [0.05, 0.1) is 0 Å². The Hall–Kier alpha value is -0.360. The van der Waals surface area contributed by atoms with Crippen molar-refractivity contribution in [3.8, 4) is 0 Å². The molecule has 0 spiro atoms. The molecule has 0 aromatic heterocycles. The maximum Gasteiger partial charge on any atom is 0.445 e. The first-order valence-electron chi connectivity index (χ1n) is 4.78. The van der Waals surface area contributed by atoms with Crippen molar-refractivity contribution in [3.05, 3.63) is 0 Å². The van der Waals surface area contributed by atoms with E-state index < -0.39 is 6.09 Å². The average molecular weight is 250 g/mol. The second-order valence-electron chi connectivity index (χ2n) is 2.86. The molecule has 0 rings (SSSR count). The van der Waals surface area contributed by atoms with Crippen molar-refractivity contribution >= 4 is 34.8 Å². The molecular formula is C9H18N2O2S2. The van der Waals surface area contributed by atoms with E-state index in [1.54, 1.807) is 14.0 Å². The minimum absolute atomic E-state index is 0.426. The van der Waals surface area contributed by atoms with Gasteiger partial charge in [-0.1, -0.05) is 18.5 Å². The average Bonchev–Trinajstić information content (AvgIpc) is 2.25. The predicted molar refractivity (Wildman–Crippen MR) is 68.2 cm³/mol. The molecule has 15 heavy (non-hydrogen) atoms. The van der Waals surface area contributed by atoms with E-state index in [4.69, 9.17) is 4.84 Å². The van der Waals surface area contributed by atoms with Crippen molar-refractivity contribution in [2.24, 2.45) is 5.16 Å². The number of hydrogen-bond acceptors (Lipinski definition) is 5. The molecule has 0 N–H and O–H groups in total. The molecule has 0 saturated carbocycles. The number of rotatable bonds is 5. The second kappa shape index (κ2) is 8.91. The van der Waals surface area contributed by atoms with Crippen molar-refractivity contribution in [3.63, 3.8) is 0 Å². The van der Waals surface area contributed by atoms with E-state index in [-0.39, 0.29) is 0 Å². The van der Waals surface area contributed by atoms with Crippen molar-refractivity contribution in [2.45, 2.75) is 26.7 Å². The molecule has 0 aromatic rings. The van der Waals surface area contributed by atoms with Crippen LogP contribution in [0.1, 0.15) is 26.7 Å². The number of thioether (sulfide) groups is 1. The number of hydrogen-bond donors (Lipinski definition) is 0. The number of carbonyl (C=O) groups is 1. The quantitative estimate of drug-likeness (QED) is 0.188. The van der Waals surface area contributed by atoms with Gasteiger partial charge in [0, 0.05) is 12.8 Å². The van der Waals surface area contributed by atoms with Crippen molar-refractivity contribution < 1.29 is 9.63 Å². The standard InChI is InChI=1S/C9H18N2O2S2/c1-5-6-7-15-11(3)9(12)13-10-8(2)14-4/h5-7H2,1-4H3/b10-8-. The summed E-state index contributed by atoms with van der Waals surface area (Å²) in [5, 5.41) is 4.40. The van der Waals surface area contributed by atoms with E-state index in [9.17, 15) is 4.79 Å². The number of oxime groups is 1. The molecule has 6 heteroatoms. The van der Waals surface area contributed by atoms with Crippen LogP contribution in [-0.2, 0) is 4.84 Å². The Kier molecular flexibility index (Phi) is 8.70. The molecule has 0 aliphatic rings. The lowest BCUT2D eigenvalue weighted by molar-refractivity contribution is 0.137. The van der Waals surface area contributed by atoms with Gasteiger partial charge in [0.15, 0.2) is 0 Å². The van der Waals surface area contributed by atoms with Gasteiger partial charge < -0.3 is 0 Å². The van der Waals surface area contributed by atoms with Crippen LogP contribution in [0.2, 0.25) is 0 Å². The smallest absolute Gasteiger partial charge is 0.296 e. The number of nitrogens with zero attached hydrogens (tertiary/aromatic N) is 2. The highest BCUT2D eigenvalue weighted by Crippen LogP contribution is 2.11. The van der Waals surface area contributed by atoms with E-state index in [1.165, 1.54) is 28.0 Å². The second-order valence-corrected chi connectivity index (χ2v) is 5.07. The first-order valence-corrected chi connectivity index (χ1v) is 6.94. The summed E-state index contributed by atoms with van der Waals surface area (Å²) in [6, 6.07) is 0. The van der Waals surface area contributed by atoms with Crippen molar-refractivity contribution in [2.75, 3.05) is 19.1 Å². The van der Waals surface area contributed by atoms with Crippen LogP contribution in [0.25, 0.3) is 0 Å². The van der Waals surface area contributed by atoms with Gasteiger partial charge in [-0.2, -0.15) is 0 Å². The van der Waals surface area contributed by atoms with E-state index >= 15 is 0 Å². The third-order valence-corrected chi connectivity index (χ3v) is 3.26. The summed E-state index contributed by atoms with van der Waals surface area (Å²) in [4.78, 5) is 16.0. The fourth-order valence-electron chi connectivity index (χ4n) is 0.597. The van der Waals surface area contributed by atoms with Gasteiger partial charge in [-0.3, -0.25) is 9.14 Å². The van der Waals surface area contributed by atoms with Crippen LogP contribution >= 0.6 is 23.7 Å². The summed E-state index contributed by atoms with van der Waals surface area (Å²) in [6.45, 7) is 3.91. The van der Waals surface area contributed by atoms with Crippen LogP contribution in [0.5, 0.6) is 0 Å². The van der Waals surface area contributed by atoms with E-state index in [1.807, 2.05) is 6.26 Å². The van der Waals surface area contributed by atoms with Gasteiger partial charge in [-0.05, 0) is 31.5 Å². The van der Waals surface area contributed by atoms with Crippen LogP contribution < -0.4 is 0 Å². The first kappa shape index (κ1) is 14.6. The summed E-state index contributed by atoms with van der Waals surface area (Å²) in [5.41, 5.74) is 0. The largest absolute Gasteiger partial charge is 0.445 e. The Morgan fingerprint density at radius 3 is 2.73 bits per heavy atom. The van der Waals surface area contributed by atoms with E-state index in [2.05, 4.69) is 12.1 Å². The Labute approximate surface area is 99.9 Å². The highest BCUT2D eigenvalue weighted by Gasteiger charge is 2.10. The van der Waals surface area contributed by atoms with Gasteiger partial charge >= 0.3 is 6.09 Å². The Morgan fingerprint density at radius 1 is 1.53 bits per heavy atom. The van der Waals surface area contributed by atoms with Crippen molar-refractivity contribution in [1.82, 2.24) is 4.31 Å². The molecule has 0 aliphatic heterocycles. The molecule has 4 nitrogen and oxygen atoms in total. The molecule has 88 valence electrons. The van der Waals surface area contributed by atoms with Crippen LogP contribution in [-0.4, -0.2) is 34.5 Å². The van der Waals surface area contributed by atoms with Crippen LogP contribution in [0, 0.1) is 0 Å². The zero-order valence-corrected chi connectivity index (χ0v) is 11.3. The summed E-state index contributed by atoms with van der Waals surface area (Å²) in [6.07, 6.45) is 3.67. The maximum atomic E-state index is 11.3. The molecule has 0 bridgehead atoms. The number of amides is 1. The predicted octanol–water partition coefficient (Wildman–Crippen LogP) is 3.20. The Morgan fingerprint density at radius 2 is 2.20 bits per heavy atom. The number of carbonyl (C=O) groups excluding carboxylic acids is 1. The lowest BCUT2D eigenvalue weighted by atomic mass is 10.4. The SMILES string of the molecule is CCCCSN(C)C(=O)O/N=C(/C)SC. The summed E-state index contributed by atoms with van der Waals surface area (Å²) in [7, 11) is 1.69. The lowest BCUT2D eigenvalue weighted by Crippen LogP contribution is -2.19. The molecule has 0 radical (unpaired) electrons. The zero-order chi connectivity index (χ0) is 11.7. The third-order valence-electron chi connectivity index (χ3n) is 1.59. The fraction of sp³-hybridized carbons (Fsp3) is 0.778. The van der Waals surface area contributed by atoms with Crippen LogP contribution in [0.15, 0.2) is 5.16 Å². The normalized spacial score (nSPS) is 11.3. The summed E-state index contributed by atoms with van der Waals surface area (Å²) < 4.78 is 1.47. The van der Waals surface area contributed by atoms with E-state index in [0.717, 1.165) is 23.6 Å². The monoisotopic (exact) mass is 250 g/mol. The molecule has 0 atom stereocenters. The molecule has 1 amide bonds. The van der Waals surface area contributed by atoms with Crippen LogP contribution in [0.3, 0.4) is 0 Å². The van der Waals surface area contributed by atoms with Gasteiger partial charge in [-0.15, -0.1) is 11.8 Å². The molecule has 0 saturated heterocycles. The summed E-state index contributed by atoms with van der Waals surface area (Å²) in [5.74, 6) is 0.924. The molecule has 0 unspecified atom stereocenters. The first-order chi connectivity index (χ1) is 7.11. The third kappa shape index (κ3) is 7.56. The zero-order valence-electron chi connectivity index (χ0n) is 9.65. The van der Waals surface area contributed by atoms with Crippen molar-refractivity contribution in [1.29, 1.82) is 0 Å². The van der Waals surface area contributed by atoms with E-state index in [0.29, 0.717) is 0 Å². The molecule has 0 heterocycles.